The molecule has 52 valence electrons. The van der Waals surface area contributed by atoms with E-state index in [0.29, 0.717) is 0 Å². The van der Waals surface area contributed by atoms with Crippen molar-refractivity contribution in [3.8, 4) is 0 Å². The first kappa shape index (κ1) is 15.6. The minimum absolute atomic E-state index is 0. The van der Waals surface area contributed by atoms with Crippen LogP contribution in [0, 0.1) is 0 Å². The SMILES string of the molecule is COC(C)=O.Cl.NN. The maximum atomic E-state index is 9.59. The number of carbonyl (C=O) groups is 1. The van der Waals surface area contributed by atoms with Crippen LogP contribution in [0.2, 0.25) is 0 Å². The van der Waals surface area contributed by atoms with Crippen molar-refractivity contribution < 1.29 is 9.53 Å². The van der Waals surface area contributed by atoms with E-state index in [1.54, 1.807) is 0 Å². The number of carbonyl (C=O) groups excluding carboxylic acids is 1. The van der Waals surface area contributed by atoms with Gasteiger partial charge in [-0.25, -0.2) is 0 Å². The van der Waals surface area contributed by atoms with E-state index >= 15 is 0 Å². The molecule has 0 aromatic heterocycles. The molecule has 0 radical (unpaired) electrons. The van der Waals surface area contributed by atoms with Crippen LogP contribution >= 0.6 is 12.4 Å². The maximum Gasteiger partial charge on any atom is 0.302 e. The van der Waals surface area contributed by atoms with Crippen molar-refractivity contribution in [1.82, 2.24) is 0 Å². The van der Waals surface area contributed by atoms with Gasteiger partial charge in [-0.2, -0.15) is 0 Å². The molecule has 0 heterocycles. The molecule has 0 rings (SSSR count). The second-order valence-electron chi connectivity index (χ2n) is 0.696. The Morgan fingerprint density at radius 3 is 1.62 bits per heavy atom. The van der Waals surface area contributed by atoms with Gasteiger partial charge in [-0.15, -0.1) is 12.4 Å². The summed E-state index contributed by atoms with van der Waals surface area (Å²) in [7, 11) is 1.35. The zero-order valence-electron chi connectivity index (χ0n) is 4.88. The zero-order valence-corrected chi connectivity index (χ0v) is 5.70. The van der Waals surface area contributed by atoms with Gasteiger partial charge in [0.15, 0.2) is 0 Å². The van der Waals surface area contributed by atoms with Gasteiger partial charge in [0.25, 0.3) is 0 Å². The summed E-state index contributed by atoms with van der Waals surface area (Å²) in [5, 5.41) is 0. The van der Waals surface area contributed by atoms with E-state index in [9.17, 15) is 4.79 Å². The van der Waals surface area contributed by atoms with Gasteiger partial charge >= 0.3 is 5.97 Å². The summed E-state index contributed by atoms with van der Waals surface area (Å²) in [6.07, 6.45) is 0. The van der Waals surface area contributed by atoms with E-state index in [1.165, 1.54) is 14.0 Å². The summed E-state index contributed by atoms with van der Waals surface area (Å²) >= 11 is 0. The quantitative estimate of drug-likeness (QED) is 0.270. The van der Waals surface area contributed by atoms with Crippen LogP contribution in [0.4, 0.5) is 0 Å². The van der Waals surface area contributed by atoms with Gasteiger partial charge in [-0.05, 0) is 0 Å². The molecule has 0 saturated carbocycles. The highest BCUT2D eigenvalue weighted by Gasteiger charge is 1.75. The van der Waals surface area contributed by atoms with Crippen molar-refractivity contribution in [3.63, 3.8) is 0 Å². The molecule has 0 bridgehead atoms. The molecule has 5 heteroatoms. The Bertz CT molecular complexity index is 50.5. The third kappa shape index (κ3) is 44.1. The fourth-order valence-electron chi connectivity index (χ4n) is 0. The second-order valence-corrected chi connectivity index (χ2v) is 0.696. The van der Waals surface area contributed by atoms with Gasteiger partial charge in [0.1, 0.15) is 0 Å². The molecule has 8 heavy (non-hydrogen) atoms. The molecule has 0 aliphatic heterocycles. The smallest absolute Gasteiger partial charge is 0.302 e. The van der Waals surface area contributed by atoms with E-state index in [2.05, 4.69) is 16.4 Å². The fraction of sp³-hybridized carbons (Fsp3) is 0.667. The van der Waals surface area contributed by atoms with Crippen LogP contribution in [0.5, 0.6) is 0 Å². The number of halogens is 1. The number of rotatable bonds is 0. The number of hydrogen-bond acceptors (Lipinski definition) is 4. The number of ether oxygens (including phenoxy) is 1. The molecule has 0 saturated heterocycles. The van der Waals surface area contributed by atoms with Crippen LogP contribution in [0.3, 0.4) is 0 Å². The van der Waals surface area contributed by atoms with Gasteiger partial charge in [0.2, 0.25) is 0 Å². The molecule has 4 N–H and O–H groups in total. The van der Waals surface area contributed by atoms with E-state index in [-0.39, 0.29) is 18.4 Å². The highest BCUT2D eigenvalue weighted by Crippen LogP contribution is 1.60. The van der Waals surface area contributed by atoms with E-state index in [4.69, 9.17) is 0 Å². The molecular formula is C3H11ClN2O2. The van der Waals surface area contributed by atoms with Crippen molar-refractivity contribution in [3.05, 3.63) is 0 Å². The van der Waals surface area contributed by atoms with Gasteiger partial charge in [0.05, 0.1) is 7.11 Å². The number of hydrazine groups is 1. The van der Waals surface area contributed by atoms with Crippen molar-refractivity contribution in [2.75, 3.05) is 7.11 Å². The molecule has 0 fully saturated rings. The highest BCUT2D eigenvalue weighted by atomic mass is 35.5. The molecule has 0 atom stereocenters. The Morgan fingerprint density at radius 2 is 1.62 bits per heavy atom. The number of hydrogen-bond donors (Lipinski definition) is 2. The van der Waals surface area contributed by atoms with Crippen molar-refractivity contribution in [2.24, 2.45) is 11.7 Å². The molecule has 0 aromatic rings. The lowest BCUT2D eigenvalue weighted by Crippen LogP contribution is -2.02. The van der Waals surface area contributed by atoms with E-state index < -0.39 is 0 Å². The maximum absolute atomic E-state index is 9.59. The third-order valence-corrected chi connectivity index (χ3v) is 0.287. The van der Waals surface area contributed by atoms with Crippen LogP contribution in [-0.2, 0) is 9.53 Å². The summed E-state index contributed by atoms with van der Waals surface area (Å²) in [5.74, 6) is 7.75. The van der Waals surface area contributed by atoms with E-state index in [0.717, 1.165) is 0 Å². The summed E-state index contributed by atoms with van der Waals surface area (Å²) in [6.45, 7) is 1.36. The summed E-state index contributed by atoms with van der Waals surface area (Å²) in [4.78, 5) is 9.59. The number of esters is 1. The zero-order chi connectivity index (χ0) is 6.28. The average molecular weight is 143 g/mol. The molecular weight excluding hydrogens is 131 g/mol. The van der Waals surface area contributed by atoms with Gasteiger partial charge in [-0.1, -0.05) is 0 Å². The minimum atomic E-state index is -0.245. The summed E-state index contributed by atoms with van der Waals surface area (Å²) < 4.78 is 4.11. The molecule has 0 aliphatic rings. The molecule has 0 aliphatic carbocycles. The van der Waals surface area contributed by atoms with Gasteiger partial charge in [0, 0.05) is 6.92 Å². The van der Waals surface area contributed by atoms with Crippen molar-refractivity contribution in [1.29, 1.82) is 0 Å². The lowest BCUT2D eigenvalue weighted by molar-refractivity contribution is -0.137. The first-order valence-electron chi connectivity index (χ1n) is 1.65. The monoisotopic (exact) mass is 142 g/mol. The molecule has 4 nitrogen and oxygen atoms in total. The Balaban J connectivity index is -0.0000000750. The molecule has 0 spiro atoms. The fourth-order valence-corrected chi connectivity index (χ4v) is 0. The molecule has 0 amide bonds. The van der Waals surface area contributed by atoms with Crippen LogP contribution in [0.15, 0.2) is 0 Å². The van der Waals surface area contributed by atoms with Gasteiger partial charge < -0.3 is 4.74 Å². The Hall–Kier alpha value is -0.320. The van der Waals surface area contributed by atoms with Crippen molar-refractivity contribution in [2.45, 2.75) is 6.92 Å². The lowest BCUT2D eigenvalue weighted by atomic mass is 10.8. The van der Waals surface area contributed by atoms with E-state index in [1.807, 2.05) is 0 Å². The summed E-state index contributed by atoms with van der Waals surface area (Å²) in [6, 6.07) is 0. The Labute approximate surface area is 54.6 Å². The van der Waals surface area contributed by atoms with Crippen molar-refractivity contribution >= 4 is 18.4 Å². The normalized spacial score (nSPS) is 5.00. The lowest BCUT2D eigenvalue weighted by Gasteiger charge is -1.80. The Morgan fingerprint density at radius 1 is 1.50 bits per heavy atom. The van der Waals surface area contributed by atoms with Crippen LogP contribution < -0.4 is 11.7 Å². The van der Waals surface area contributed by atoms with Crippen LogP contribution in [0.25, 0.3) is 0 Å². The highest BCUT2D eigenvalue weighted by molar-refractivity contribution is 5.85. The molecule has 0 unspecified atom stereocenters. The van der Waals surface area contributed by atoms with Crippen LogP contribution in [-0.4, -0.2) is 13.1 Å². The predicted molar refractivity (Wildman–Crippen MR) is 33.3 cm³/mol. The first-order valence-corrected chi connectivity index (χ1v) is 1.65. The number of nitrogens with two attached hydrogens (primary N) is 2. The molecule has 0 aromatic carbocycles. The third-order valence-electron chi connectivity index (χ3n) is 0.287. The number of methoxy groups -OCH3 is 1. The predicted octanol–water partition coefficient (Wildman–Crippen LogP) is -0.580. The average Bonchev–Trinajstić information content (AvgIpc) is 1.73. The topological polar surface area (TPSA) is 78.3 Å². The minimum Gasteiger partial charge on any atom is -0.469 e. The second kappa shape index (κ2) is 15.9. The first-order chi connectivity index (χ1) is 3.27. The van der Waals surface area contributed by atoms with Crippen LogP contribution in [0.1, 0.15) is 6.92 Å². The standard InChI is InChI=1S/C3H6O2.ClH.H4N2/c1-3(4)5-2;;1-2/h1-2H3;1H;1-2H2. The largest absolute Gasteiger partial charge is 0.469 e. The Kier molecular flexibility index (Phi) is 31.1. The summed E-state index contributed by atoms with van der Waals surface area (Å²) in [5.41, 5.74) is 0. The van der Waals surface area contributed by atoms with Gasteiger partial charge in [-0.3, -0.25) is 16.5 Å².